The number of benzene rings is 1. The summed E-state index contributed by atoms with van der Waals surface area (Å²) in [6.07, 6.45) is 7.78. The average molecular weight is 402 g/mol. The van der Waals surface area contributed by atoms with Crippen molar-refractivity contribution in [3.05, 3.63) is 35.1 Å². The summed E-state index contributed by atoms with van der Waals surface area (Å²) in [5, 5.41) is 0. The predicted octanol–water partition coefficient (Wildman–Crippen LogP) is 8.01. The SMILES string of the molecule is CCCC1CCC(C(F)(F)CC2CCC(c3cc(F)c(F)c(F)c3)CC2)CC1. The van der Waals surface area contributed by atoms with Gasteiger partial charge in [0.05, 0.1) is 0 Å². The van der Waals surface area contributed by atoms with E-state index in [-0.39, 0.29) is 18.3 Å². The molecule has 0 nitrogen and oxygen atoms in total. The quantitative estimate of drug-likeness (QED) is 0.334. The molecule has 0 atom stereocenters. The van der Waals surface area contributed by atoms with Crippen LogP contribution >= 0.6 is 0 Å². The van der Waals surface area contributed by atoms with E-state index in [0.717, 1.165) is 37.8 Å². The molecular formula is C23H31F5. The predicted molar refractivity (Wildman–Crippen MR) is 101 cm³/mol. The molecule has 0 aliphatic heterocycles. The Labute approximate surface area is 164 Å². The summed E-state index contributed by atoms with van der Waals surface area (Å²) in [6, 6.07) is 2.10. The van der Waals surface area contributed by atoms with Gasteiger partial charge in [-0.2, -0.15) is 0 Å². The van der Waals surface area contributed by atoms with Gasteiger partial charge in [0.2, 0.25) is 0 Å². The fourth-order valence-electron chi connectivity index (χ4n) is 5.34. The average Bonchev–Trinajstić information content (AvgIpc) is 2.67. The molecule has 0 N–H and O–H groups in total. The van der Waals surface area contributed by atoms with Gasteiger partial charge in [0.15, 0.2) is 17.5 Å². The number of hydrogen-bond acceptors (Lipinski definition) is 0. The van der Waals surface area contributed by atoms with Crippen LogP contribution in [0.5, 0.6) is 0 Å². The van der Waals surface area contributed by atoms with Gasteiger partial charge < -0.3 is 0 Å². The molecule has 2 aliphatic carbocycles. The lowest BCUT2D eigenvalue weighted by Gasteiger charge is -2.37. The minimum atomic E-state index is -2.62. The van der Waals surface area contributed by atoms with Crippen molar-refractivity contribution in [3.8, 4) is 0 Å². The topological polar surface area (TPSA) is 0 Å². The van der Waals surface area contributed by atoms with Crippen LogP contribution in [-0.2, 0) is 0 Å². The Hall–Kier alpha value is -1.13. The summed E-state index contributed by atoms with van der Waals surface area (Å²) in [7, 11) is 0. The van der Waals surface area contributed by atoms with Crippen LogP contribution in [0.4, 0.5) is 22.0 Å². The number of halogens is 5. The van der Waals surface area contributed by atoms with Crippen LogP contribution in [0, 0.1) is 35.2 Å². The van der Waals surface area contributed by atoms with Crippen molar-refractivity contribution < 1.29 is 22.0 Å². The van der Waals surface area contributed by atoms with Crippen LogP contribution < -0.4 is 0 Å². The molecule has 158 valence electrons. The van der Waals surface area contributed by atoms with Gasteiger partial charge in [0.25, 0.3) is 5.92 Å². The van der Waals surface area contributed by atoms with E-state index in [0.29, 0.717) is 50.0 Å². The van der Waals surface area contributed by atoms with E-state index < -0.39 is 29.3 Å². The minimum Gasteiger partial charge on any atom is -0.207 e. The van der Waals surface area contributed by atoms with E-state index >= 15 is 0 Å². The molecule has 0 heterocycles. The zero-order valence-corrected chi connectivity index (χ0v) is 16.6. The summed E-state index contributed by atoms with van der Waals surface area (Å²) in [6.45, 7) is 2.14. The molecule has 0 bridgehead atoms. The summed E-state index contributed by atoms with van der Waals surface area (Å²) in [5.41, 5.74) is 0.441. The molecule has 0 unspecified atom stereocenters. The summed E-state index contributed by atoms with van der Waals surface area (Å²) in [4.78, 5) is 0. The van der Waals surface area contributed by atoms with Crippen LogP contribution in [0.25, 0.3) is 0 Å². The molecule has 0 saturated heterocycles. The first kappa shape index (κ1) is 21.6. The molecule has 0 aromatic heterocycles. The van der Waals surface area contributed by atoms with Gasteiger partial charge in [0, 0.05) is 12.3 Å². The highest BCUT2D eigenvalue weighted by Gasteiger charge is 2.43. The second-order valence-electron chi connectivity index (χ2n) is 8.99. The van der Waals surface area contributed by atoms with Gasteiger partial charge in [-0.25, -0.2) is 22.0 Å². The van der Waals surface area contributed by atoms with Crippen molar-refractivity contribution in [2.75, 3.05) is 0 Å². The first-order valence-corrected chi connectivity index (χ1v) is 10.8. The Bertz CT molecular complexity index is 617. The number of hydrogen-bond donors (Lipinski definition) is 0. The van der Waals surface area contributed by atoms with Gasteiger partial charge in [-0.05, 0) is 86.8 Å². The van der Waals surface area contributed by atoms with E-state index in [1.807, 2.05) is 0 Å². The minimum absolute atomic E-state index is 0.0465. The van der Waals surface area contributed by atoms with Crippen molar-refractivity contribution >= 4 is 0 Å². The van der Waals surface area contributed by atoms with Gasteiger partial charge in [-0.3, -0.25) is 0 Å². The standard InChI is InChI=1S/C23H31F5/c1-2-3-15-6-10-19(11-7-15)23(27,28)14-16-4-8-17(9-5-16)18-12-20(24)22(26)21(25)13-18/h12-13,15-17,19H,2-11,14H2,1H3. The maximum absolute atomic E-state index is 14.8. The molecule has 0 radical (unpaired) electrons. The Balaban J connectivity index is 1.51. The van der Waals surface area contributed by atoms with Crippen molar-refractivity contribution in [1.29, 1.82) is 0 Å². The normalized spacial score (nSPS) is 29.1. The lowest BCUT2D eigenvalue weighted by Crippen LogP contribution is -2.34. The summed E-state index contributed by atoms with van der Waals surface area (Å²) < 4.78 is 69.7. The zero-order chi connectivity index (χ0) is 20.3. The van der Waals surface area contributed by atoms with E-state index in [9.17, 15) is 22.0 Å². The van der Waals surface area contributed by atoms with Crippen LogP contribution in [0.2, 0.25) is 0 Å². The van der Waals surface area contributed by atoms with Crippen molar-refractivity contribution in [2.45, 2.75) is 89.4 Å². The highest BCUT2D eigenvalue weighted by Crippen LogP contribution is 2.46. The highest BCUT2D eigenvalue weighted by molar-refractivity contribution is 5.23. The smallest absolute Gasteiger partial charge is 0.207 e. The van der Waals surface area contributed by atoms with Gasteiger partial charge in [0.1, 0.15) is 0 Å². The second kappa shape index (κ2) is 9.13. The molecular weight excluding hydrogens is 371 g/mol. The maximum Gasteiger partial charge on any atom is 0.251 e. The molecule has 3 rings (SSSR count). The highest BCUT2D eigenvalue weighted by atomic mass is 19.3. The Kier molecular flexibility index (Phi) is 7.03. The molecule has 5 heteroatoms. The zero-order valence-electron chi connectivity index (χ0n) is 16.6. The van der Waals surface area contributed by atoms with Gasteiger partial charge >= 0.3 is 0 Å². The first-order chi connectivity index (χ1) is 13.3. The van der Waals surface area contributed by atoms with Gasteiger partial charge in [-0.1, -0.05) is 19.8 Å². The summed E-state index contributed by atoms with van der Waals surface area (Å²) in [5.74, 6) is -6.45. The van der Waals surface area contributed by atoms with Gasteiger partial charge in [-0.15, -0.1) is 0 Å². The fourth-order valence-corrected chi connectivity index (χ4v) is 5.34. The maximum atomic E-state index is 14.8. The summed E-state index contributed by atoms with van der Waals surface area (Å²) >= 11 is 0. The van der Waals surface area contributed by atoms with Crippen LogP contribution in [0.1, 0.15) is 89.0 Å². The third-order valence-electron chi connectivity index (χ3n) is 7.03. The fraction of sp³-hybridized carbons (Fsp3) is 0.739. The molecule has 2 aliphatic rings. The third-order valence-corrected chi connectivity index (χ3v) is 7.03. The van der Waals surface area contributed by atoms with E-state index in [2.05, 4.69) is 6.92 Å². The van der Waals surface area contributed by atoms with E-state index in [4.69, 9.17) is 0 Å². The van der Waals surface area contributed by atoms with Crippen molar-refractivity contribution in [1.82, 2.24) is 0 Å². The monoisotopic (exact) mass is 402 g/mol. The first-order valence-electron chi connectivity index (χ1n) is 10.8. The molecule has 1 aromatic rings. The lowest BCUT2D eigenvalue weighted by atomic mass is 9.72. The molecule has 28 heavy (non-hydrogen) atoms. The molecule has 0 spiro atoms. The number of alkyl halides is 2. The van der Waals surface area contributed by atoms with Crippen LogP contribution in [0.15, 0.2) is 12.1 Å². The van der Waals surface area contributed by atoms with Crippen LogP contribution in [-0.4, -0.2) is 5.92 Å². The number of rotatable bonds is 6. The van der Waals surface area contributed by atoms with Crippen LogP contribution in [0.3, 0.4) is 0 Å². The van der Waals surface area contributed by atoms with Crippen molar-refractivity contribution in [2.24, 2.45) is 17.8 Å². The molecule has 0 amide bonds. The lowest BCUT2D eigenvalue weighted by molar-refractivity contribution is -0.0955. The molecule has 2 fully saturated rings. The Morgan fingerprint density at radius 1 is 0.821 bits per heavy atom. The molecule has 1 aromatic carbocycles. The van der Waals surface area contributed by atoms with E-state index in [1.165, 1.54) is 0 Å². The molecule has 2 saturated carbocycles. The van der Waals surface area contributed by atoms with E-state index in [1.54, 1.807) is 0 Å². The van der Waals surface area contributed by atoms with Crippen molar-refractivity contribution in [3.63, 3.8) is 0 Å². The Morgan fingerprint density at radius 3 is 1.89 bits per heavy atom. The Morgan fingerprint density at radius 2 is 1.36 bits per heavy atom. The third kappa shape index (κ3) is 5.07. The largest absolute Gasteiger partial charge is 0.251 e. The second-order valence-corrected chi connectivity index (χ2v) is 8.99.